The minimum absolute atomic E-state index is 0.0516. The van der Waals surface area contributed by atoms with Crippen LogP contribution in [0.5, 0.6) is 0 Å². The number of rotatable bonds is 5. The number of anilines is 1. The van der Waals surface area contributed by atoms with Crippen molar-refractivity contribution in [3.8, 4) is 0 Å². The molecule has 8 nitrogen and oxygen atoms in total. The predicted octanol–water partition coefficient (Wildman–Crippen LogP) is 2.77. The number of amides is 3. The van der Waals surface area contributed by atoms with Gasteiger partial charge in [0.2, 0.25) is 17.7 Å². The smallest absolute Gasteiger partial charge is 0.249 e. The fourth-order valence-corrected chi connectivity index (χ4v) is 6.69. The van der Waals surface area contributed by atoms with E-state index in [-0.39, 0.29) is 30.2 Å². The fourth-order valence-electron chi connectivity index (χ4n) is 6.69. The highest BCUT2D eigenvalue weighted by molar-refractivity contribution is 6.04. The van der Waals surface area contributed by atoms with Crippen LogP contribution in [0.15, 0.2) is 54.6 Å². The molecule has 7 atom stereocenters. The molecular formula is C30H39N3O5. The molecule has 0 aromatic heterocycles. The van der Waals surface area contributed by atoms with Crippen LogP contribution in [0.25, 0.3) is 0 Å². The number of aliphatic hydroxyl groups excluding tert-OH is 1. The zero-order chi connectivity index (χ0) is 27.4. The van der Waals surface area contributed by atoms with Crippen molar-refractivity contribution in [2.75, 3.05) is 24.6 Å². The Morgan fingerprint density at radius 2 is 1.76 bits per heavy atom. The quantitative estimate of drug-likeness (QED) is 0.602. The Hall–Kier alpha value is -2.97. The average molecular weight is 522 g/mol. The second kappa shape index (κ2) is 9.65. The van der Waals surface area contributed by atoms with Crippen molar-refractivity contribution < 1.29 is 24.2 Å². The first kappa shape index (κ1) is 26.6. The predicted molar refractivity (Wildman–Crippen MR) is 144 cm³/mol. The van der Waals surface area contributed by atoms with Crippen LogP contribution in [0.3, 0.4) is 0 Å². The van der Waals surface area contributed by atoms with Crippen LogP contribution in [0.2, 0.25) is 0 Å². The van der Waals surface area contributed by atoms with Gasteiger partial charge in [0.05, 0.1) is 30.6 Å². The molecule has 204 valence electrons. The van der Waals surface area contributed by atoms with E-state index in [0.717, 1.165) is 12.1 Å². The van der Waals surface area contributed by atoms with Crippen LogP contribution in [0, 0.1) is 17.8 Å². The van der Waals surface area contributed by atoms with Crippen LogP contribution >= 0.6 is 0 Å². The lowest BCUT2D eigenvalue weighted by molar-refractivity contribution is -0.154. The van der Waals surface area contributed by atoms with E-state index in [2.05, 4.69) is 0 Å². The van der Waals surface area contributed by atoms with E-state index < -0.39 is 41.2 Å². The van der Waals surface area contributed by atoms with Crippen molar-refractivity contribution in [2.24, 2.45) is 17.8 Å². The lowest BCUT2D eigenvalue weighted by atomic mass is 9.77. The van der Waals surface area contributed by atoms with Gasteiger partial charge in [-0.25, -0.2) is 0 Å². The molecule has 38 heavy (non-hydrogen) atoms. The maximum atomic E-state index is 14.5. The molecule has 1 aromatic carbocycles. The third kappa shape index (κ3) is 3.92. The molecule has 8 heteroatoms. The van der Waals surface area contributed by atoms with Crippen molar-refractivity contribution in [3.05, 3.63) is 54.6 Å². The van der Waals surface area contributed by atoms with E-state index >= 15 is 0 Å². The first-order valence-corrected chi connectivity index (χ1v) is 13.7. The van der Waals surface area contributed by atoms with E-state index in [1.54, 1.807) is 14.7 Å². The number of nitrogens with zero attached hydrogens (tertiary/aromatic N) is 3. The molecule has 5 rings (SSSR count). The zero-order valence-electron chi connectivity index (χ0n) is 22.9. The molecule has 0 bridgehead atoms. The molecule has 0 aliphatic carbocycles. The Morgan fingerprint density at radius 3 is 2.39 bits per heavy atom. The number of carbonyl (C=O) groups is 3. The highest BCUT2D eigenvalue weighted by atomic mass is 16.5. The molecule has 0 saturated carbocycles. The molecular weight excluding hydrogens is 482 g/mol. The molecule has 2 saturated heterocycles. The molecule has 0 radical (unpaired) electrons. The second-order valence-electron chi connectivity index (χ2n) is 12.0. The minimum Gasteiger partial charge on any atom is -0.394 e. The summed E-state index contributed by atoms with van der Waals surface area (Å²) in [4.78, 5) is 48.0. The standard InChI is InChI=1S/C30H39N3O5/c1-6-19(2)21(18-34)33-25-28(37)32(29(3,4)5)17-11-15-30(25)24(27(33)36)23-22(38-30)14-10-16-31(26(23)35)20-12-8-7-9-13-20/h7-15,19,21-25,34H,6,16-18H2,1-5H3/t19-,21-,22+,23-,24-,25?,30-/m0/s1. The number of hydrogen-bond donors (Lipinski definition) is 1. The number of benzene rings is 1. The number of para-hydroxylation sites is 1. The van der Waals surface area contributed by atoms with Crippen molar-refractivity contribution in [3.63, 3.8) is 0 Å². The van der Waals surface area contributed by atoms with E-state index in [4.69, 9.17) is 4.74 Å². The summed E-state index contributed by atoms with van der Waals surface area (Å²) in [7, 11) is 0. The SMILES string of the molecule is CC[C@H](C)[C@H](CO)N1C(=O)[C@@H]2[C@H]3C(=O)N(c4ccccc4)CC=C[C@H]3O[C@@]23C=CCN(C(C)(C)C)C(=O)C13. The molecule has 4 aliphatic heterocycles. The van der Waals surface area contributed by atoms with Gasteiger partial charge in [0.15, 0.2) is 0 Å². The van der Waals surface area contributed by atoms with Crippen molar-refractivity contribution in [1.82, 2.24) is 9.80 Å². The van der Waals surface area contributed by atoms with E-state index in [0.29, 0.717) is 13.1 Å². The first-order valence-electron chi connectivity index (χ1n) is 13.7. The Bertz CT molecular complexity index is 1160. The van der Waals surface area contributed by atoms with Crippen LogP contribution in [-0.4, -0.2) is 81.7 Å². The molecule has 3 amide bonds. The van der Waals surface area contributed by atoms with Crippen LogP contribution < -0.4 is 4.90 Å². The number of fused-ring (bicyclic) bond motifs is 2. The Kier molecular flexibility index (Phi) is 6.76. The topological polar surface area (TPSA) is 90.4 Å². The zero-order valence-corrected chi connectivity index (χ0v) is 22.9. The molecule has 2 fully saturated rings. The molecule has 1 unspecified atom stereocenters. The fraction of sp³-hybridized carbons (Fsp3) is 0.567. The first-order chi connectivity index (χ1) is 18.1. The van der Waals surface area contributed by atoms with Crippen LogP contribution in [-0.2, 0) is 19.1 Å². The molecule has 4 aliphatic rings. The number of carbonyl (C=O) groups excluding carboxylic acids is 3. The highest BCUT2D eigenvalue weighted by Gasteiger charge is 2.73. The van der Waals surface area contributed by atoms with Gasteiger partial charge >= 0.3 is 0 Å². The van der Waals surface area contributed by atoms with Crippen LogP contribution in [0.4, 0.5) is 5.69 Å². The van der Waals surface area contributed by atoms with Gasteiger partial charge in [-0.15, -0.1) is 0 Å². The Labute approximate surface area is 224 Å². The minimum atomic E-state index is -1.30. The monoisotopic (exact) mass is 521 g/mol. The van der Waals surface area contributed by atoms with Crippen molar-refractivity contribution in [1.29, 1.82) is 0 Å². The van der Waals surface area contributed by atoms with Gasteiger partial charge in [-0.2, -0.15) is 0 Å². The van der Waals surface area contributed by atoms with E-state index in [9.17, 15) is 19.5 Å². The highest BCUT2D eigenvalue weighted by Crippen LogP contribution is 2.54. The van der Waals surface area contributed by atoms with Gasteiger partial charge in [0, 0.05) is 24.3 Å². The van der Waals surface area contributed by atoms with Crippen LogP contribution in [0.1, 0.15) is 41.0 Å². The number of aliphatic hydroxyl groups is 1. The van der Waals surface area contributed by atoms with E-state index in [1.807, 2.05) is 89.3 Å². The molecule has 1 spiro atoms. The van der Waals surface area contributed by atoms with Gasteiger partial charge in [-0.05, 0) is 38.8 Å². The molecule has 1 aromatic rings. The summed E-state index contributed by atoms with van der Waals surface area (Å²) in [6.07, 6.45) is 7.63. The van der Waals surface area contributed by atoms with Crippen molar-refractivity contribution in [2.45, 2.75) is 70.4 Å². The number of ether oxygens (including phenoxy) is 1. The normalized spacial score (nSPS) is 32.6. The number of hydrogen-bond acceptors (Lipinski definition) is 5. The Balaban J connectivity index is 1.65. The van der Waals surface area contributed by atoms with Gasteiger partial charge < -0.3 is 24.5 Å². The molecule has 1 N–H and O–H groups in total. The summed E-state index contributed by atoms with van der Waals surface area (Å²) >= 11 is 0. The largest absolute Gasteiger partial charge is 0.394 e. The summed E-state index contributed by atoms with van der Waals surface area (Å²) in [5.41, 5.74) is -1.04. The third-order valence-corrected chi connectivity index (χ3v) is 8.82. The van der Waals surface area contributed by atoms with Gasteiger partial charge in [0.1, 0.15) is 11.6 Å². The Morgan fingerprint density at radius 1 is 1.05 bits per heavy atom. The maximum Gasteiger partial charge on any atom is 0.249 e. The lowest BCUT2D eigenvalue weighted by Gasteiger charge is -2.43. The summed E-state index contributed by atoms with van der Waals surface area (Å²) in [6.45, 7) is 10.4. The third-order valence-electron chi connectivity index (χ3n) is 8.82. The molecule has 4 heterocycles. The summed E-state index contributed by atoms with van der Waals surface area (Å²) in [5, 5.41) is 10.5. The lowest BCUT2D eigenvalue weighted by Crippen LogP contribution is -2.61. The number of likely N-dealkylation sites (tertiary alicyclic amines) is 1. The summed E-state index contributed by atoms with van der Waals surface area (Å²) in [5.74, 6) is -2.42. The second-order valence-corrected chi connectivity index (χ2v) is 12.0. The van der Waals surface area contributed by atoms with Gasteiger partial charge in [-0.3, -0.25) is 14.4 Å². The summed E-state index contributed by atoms with van der Waals surface area (Å²) in [6, 6.07) is 7.88. The van der Waals surface area contributed by atoms with Crippen molar-refractivity contribution >= 4 is 23.4 Å². The van der Waals surface area contributed by atoms with Gasteiger partial charge in [-0.1, -0.05) is 62.8 Å². The average Bonchev–Trinajstić information content (AvgIpc) is 3.19. The maximum absolute atomic E-state index is 14.5. The van der Waals surface area contributed by atoms with Gasteiger partial charge in [0.25, 0.3) is 0 Å². The summed E-state index contributed by atoms with van der Waals surface area (Å²) < 4.78 is 6.72. The van der Waals surface area contributed by atoms with E-state index in [1.165, 1.54) is 0 Å².